The van der Waals surface area contributed by atoms with E-state index in [1.165, 1.54) is 6.42 Å². The summed E-state index contributed by atoms with van der Waals surface area (Å²) in [7, 11) is 0. The number of allylic oxidation sites excluding steroid dienone is 1. The summed E-state index contributed by atoms with van der Waals surface area (Å²) in [6.07, 6.45) is 3.89. The SMILES string of the molecule is C=C[C@H]1C(=O)C[C@H]2C[C@@H]1C2(C)C. The van der Waals surface area contributed by atoms with Gasteiger partial charge in [-0.2, -0.15) is 0 Å². The van der Waals surface area contributed by atoms with Crippen LogP contribution in [-0.4, -0.2) is 5.78 Å². The number of ketones is 1. The zero-order valence-electron chi connectivity index (χ0n) is 7.84. The molecule has 0 spiro atoms. The highest BCUT2D eigenvalue weighted by molar-refractivity contribution is 5.85. The molecule has 0 heterocycles. The molecule has 0 aliphatic heterocycles. The summed E-state index contributed by atoms with van der Waals surface area (Å²) in [5.74, 6) is 1.82. The summed E-state index contributed by atoms with van der Waals surface area (Å²) in [6, 6.07) is 0. The minimum atomic E-state index is 0.157. The van der Waals surface area contributed by atoms with E-state index < -0.39 is 0 Å². The molecule has 2 bridgehead atoms. The monoisotopic (exact) mass is 164 g/mol. The number of hydrogen-bond donors (Lipinski definition) is 0. The Kier molecular flexibility index (Phi) is 1.48. The van der Waals surface area contributed by atoms with Crippen molar-refractivity contribution in [2.45, 2.75) is 26.7 Å². The van der Waals surface area contributed by atoms with Crippen LogP contribution < -0.4 is 0 Å². The third-order valence-corrected chi connectivity index (χ3v) is 4.05. The number of carbonyl (C=O) groups is 1. The van der Waals surface area contributed by atoms with Crippen molar-refractivity contribution in [3.05, 3.63) is 12.7 Å². The zero-order chi connectivity index (χ0) is 8.93. The Morgan fingerprint density at radius 3 is 2.67 bits per heavy atom. The maximum Gasteiger partial charge on any atom is 0.140 e. The van der Waals surface area contributed by atoms with Crippen molar-refractivity contribution in [2.75, 3.05) is 0 Å². The smallest absolute Gasteiger partial charge is 0.140 e. The number of rotatable bonds is 1. The van der Waals surface area contributed by atoms with Gasteiger partial charge in [0.05, 0.1) is 0 Å². The lowest BCUT2D eigenvalue weighted by Gasteiger charge is -2.58. The molecular formula is C11H16O. The Morgan fingerprint density at radius 1 is 1.58 bits per heavy atom. The van der Waals surface area contributed by atoms with E-state index in [0.29, 0.717) is 23.0 Å². The molecule has 0 unspecified atom stereocenters. The number of hydrogen-bond acceptors (Lipinski definition) is 1. The minimum absolute atomic E-state index is 0.157. The van der Waals surface area contributed by atoms with Gasteiger partial charge in [-0.25, -0.2) is 0 Å². The Bertz CT molecular complexity index is 239. The molecule has 3 rings (SSSR count). The molecule has 66 valence electrons. The van der Waals surface area contributed by atoms with Gasteiger partial charge in [0.15, 0.2) is 0 Å². The summed E-state index contributed by atoms with van der Waals surface area (Å²) in [6.45, 7) is 8.33. The molecule has 0 amide bonds. The van der Waals surface area contributed by atoms with Gasteiger partial charge in [-0.05, 0) is 23.7 Å². The first-order valence-corrected chi connectivity index (χ1v) is 4.72. The molecule has 0 aromatic heterocycles. The molecule has 0 saturated heterocycles. The fraction of sp³-hybridized carbons (Fsp3) is 0.727. The van der Waals surface area contributed by atoms with Crippen LogP contribution in [0.15, 0.2) is 12.7 Å². The van der Waals surface area contributed by atoms with E-state index >= 15 is 0 Å². The topological polar surface area (TPSA) is 17.1 Å². The summed E-state index contributed by atoms with van der Waals surface area (Å²) >= 11 is 0. The molecule has 3 atom stereocenters. The first kappa shape index (κ1) is 8.03. The summed E-state index contributed by atoms with van der Waals surface area (Å²) < 4.78 is 0. The van der Waals surface area contributed by atoms with Gasteiger partial charge < -0.3 is 0 Å². The third-order valence-electron chi connectivity index (χ3n) is 4.05. The average molecular weight is 164 g/mol. The predicted molar refractivity (Wildman–Crippen MR) is 48.7 cm³/mol. The van der Waals surface area contributed by atoms with E-state index in [1.807, 2.05) is 6.08 Å². The molecule has 0 N–H and O–H groups in total. The van der Waals surface area contributed by atoms with Gasteiger partial charge in [0.2, 0.25) is 0 Å². The van der Waals surface area contributed by atoms with Crippen LogP contribution >= 0.6 is 0 Å². The van der Waals surface area contributed by atoms with Crippen LogP contribution in [0.3, 0.4) is 0 Å². The zero-order valence-corrected chi connectivity index (χ0v) is 7.84. The number of Topliss-reactive ketones (excluding diaryl/α,β-unsaturated/α-hetero) is 1. The van der Waals surface area contributed by atoms with E-state index in [2.05, 4.69) is 20.4 Å². The lowest BCUT2D eigenvalue weighted by Crippen LogP contribution is -2.55. The van der Waals surface area contributed by atoms with Crippen LogP contribution in [0.25, 0.3) is 0 Å². The Labute approximate surface area is 73.8 Å². The van der Waals surface area contributed by atoms with E-state index in [4.69, 9.17) is 0 Å². The normalized spacial score (nSPS) is 43.5. The molecule has 0 aromatic rings. The van der Waals surface area contributed by atoms with Crippen molar-refractivity contribution in [3.63, 3.8) is 0 Å². The highest BCUT2D eigenvalue weighted by Crippen LogP contribution is 2.60. The summed E-state index contributed by atoms with van der Waals surface area (Å²) in [5, 5.41) is 0. The Hall–Kier alpha value is -0.590. The Morgan fingerprint density at radius 2 is 2.25 bits per heavy atom. The molecule has 0 aromatic carbocycles. The molecule has 1 nitrogen and oxygen atoms in total. The van der Waals surface area contributed by atoms with Crippen molar-refractivity contribution in [2.24, 2.45) is 23.2 Å². The molecule has 12 heavy (non-hydrogen) atoms. The highest BCUT2D eigenvalue weighted by Gasteiger charge is 2.56. The number of fused-ring (bicyclic) bond motifs is 2. The van der Waals surface area contributed by atoms with Gasteiger partial charge in [-0.3, -0.25) is 4.79 Å². The highest BCUT2D eigenvalue weighted by atomic mass is 16.1. The second kappa shape index (κ2) is 2.21. The Balaban J connectivity index is 2.26. The van der Waals surface area contributed by atoms with E-state index in [9.17, 15) is 4.79 Å². The van der Waals surface area contributed by atoms with E-state index in [1.54, 1.807) is 0 Å². The van der Waals surface area contributed by atoms with Crippen LogP contribution in [-0.2, 0) is 4.79 Å². The van der Waals surface area contributed by atoms with Gasteiger partial charge in [-0.1, -0.05) is 19.9 Å². The van der Waals surface area contributed by atoms with Crippen LogP contribution in [0.4, 0.5) is 0 Å². The van der Waals surface area contributed by atoms with Gasteiger partial charge in [-0.15, -0.1) is 6.58 Å². The maximum absolute atomic E-state index is 11.5. The van der Waals surface area contributed by atoms with Crippen molar-refractivity contribution in [1.29, 1.82) is 0 Å². The van der Waals surface area contributed by atoms with Crippen LogP contribution in [0.1, 0.15) is 26.7 Å². The first-order chi connectivity index (χ1) is 5.57. The maximum atomic E-state index is 11.5. The minimum Gasteiger partial charge on any atom is -0.299 e. The molecule has 1 heteroatoms. The van der Waals surface area contributed by atoms with E-state index in [-0.39, 0.29) is 5.92 Å². The molecule has 3 saturated carbocycles. The van der Waals surface area contributed by atoms with Gasteiger partial charge in [0.25, 0.3) is 0 Å². The van der Waals surface area contributed by atoms with Crippen molar-refractivity contribution >= 4 is 5.78 Å². The lowest BCUT2D eigenvalue weighted by molar-refractivity contribution is -0.149. The third kappa shape index (κ3) is 0.769. The standard InChI is InChI=1S/C11H16O/c1-4-8-9-5-7(6-10(8)12)11(9,2)3/h4,7-9H,1,5-6H2,2-3H3/t7-,8-,9+/m1/s1. The first-order valence-electron chi connectivity index (χ1n) is 4.72. The molecule has 3 fully saturated rings. The number of carbonyl (C=O) groups excluding carboxylic acids is 1. The van der Waals surface area contributed by atoms with Gasteiger partial charge in [0.1, 0.15) is 5.78 Å². The van der Waals surface area contributed by atoms with Crippen molar-refractivity contribution < 1.29 is 4.79 Å². The van der Waals surface area contributed by atoms with Gasteiger partial charge in [0, 0.05) is 12.3 Å². The second-order valence-corrected chi connectivity index (χ2v) is 4.79. The molecule has 0 radical (unpaired) electrons. The van der Waals surface area contributed by atoms with Crippen LogP contribution in [0, 0.1) is 23.2 Å². The van der Waals surface area contributed by atoms with Crippen LogP contribution in [0.5, 0.6) is 0 Å². The van der Waals surface area contributed by atoms with E-state index in [0.717, 1.165) is 6.42 Å². The average Bonchev–Trinajstić information content (AvgIpc) is 2.03. The molecule has 3 aliphatic rings. The predicted octanol–water partition coefficient (Wildman–Crippen LogP) is 2.42. The van der Waals surface area contributed by atoms with Gasteiger partial charge >= 0.3 is 0 Å². The van der Waals surface area contributed by atoms with Crippen molar-refractivity contribution in [3.8, 4) is 0 Å². The fourth-order valence-electron chi connectivity index (χ4n) is 2.91. The quantitative estimate of drug-likeness (QED) is 0.544. The fourth-order valence-corrected chi connectivity index (χ4v) is 2.91. The molecule has 3 aliphatic carbocycles. The van der Waals surface area contributed by atoms with Crippen molar-refractivity contribution in [1.82, 2.24) is 0 Å². The van der Waals surface area contributed by atoms with Crippen LogP contribution in [0.2, 0.25) is 0 Å². The lowest BCUT2D eigenvalue weighted by atomic mass is 9.45. The second-order valence-electron chi connectivity index (χ2n) is 4.79. The summed E-state index contributed by atoms with van der Waals surface area (Å²) in [4.78, 5) is 11.5. The summed E-state index contributed by atoms with van der Waals surface area (Å²) in [5.41, 5.74) is 0.396. The largest absolute Gasteiger partial charge is 0.299 e. The molecular weight excluding hydrogens is 148 g/mol.